The van der Waals surface area contributed by atoms with Crippen LogP contribution in [0.3, 0.4) is 0 Å². The van der Waals surface area contributed by atoms with E-state index in [1.165, 1.54) is 6.42 Å². The van der Waals surface area contributed by atoms with Gasteiger partial charge in [-0.25, -0.2) is 0 Å². The molecule has 2 saturated carbocycles. The van der Waals surface area contributed by atoms with E-state index in [9.17, 15) is 9.59 Å². The van der Waals surface area contributed by atoms with Crippen molar-refractivity contribution < 1.29 is 9.59 Å². The molecule has 1 saturated heterocycles. The summed E-state index contributed by atoms with van der Waals surface area (Å²) in [5, 5.41) is 2.96. The number of piperidine rings is 1. The summed E-state index contributed by atoms with van der Waals surface area (Å²) in [5.74, 6) is 1.34. The number of carbonyl (C=O) groups excluding carboxylic acids is 2. The number of nitrogens with zero attached hydrogens (tertiary/aromatic N) is 1. The van der Waals surface area contributed by atoms with Crippen LogP contribution in [0.4, 0.5) is 0 Å². The minimum Gasteiger partial charge on any atom is -0.353 e. The highest BCUT2D eigenvalue weighted by molar-refractivity contribution is 5.81. The smallest absolute Gasteiger partial charge is 0.225 e. The van der Waals surface area contributed by atoms with Gasteiger partial charge in [-0.2, -0.15) is 0 Å². The lowest BCUT2D eigenvalue weighted by molar-refractivity contribution is -0.139. The van der Waals surface area contributed by atoms with Gasteiger partial charge in [-0.1, -0.05) is 13.8 Å². The van der Waals surface area contributed by atoms with Gasteiger partial charge in [0.2, 0.25) is 11.8 Å². The van der Waals surface area contributed by atoms with Gasteiger partial charge in [-0.3, -0.25) is 9.59 Å². The summed E-state index contributed by atoms with van der Waals surface area (Å²) in [5.41, 5.74) is 0.440. The molecule has 100 valence electrons. The summed E-state index contributed by atoms with van der Waals surface area (Å²) in [6.07, 6.45) is 3.50. The summed E-state index contributed by atoms with van der Waals surface area (Å²) < 4.78 is 0. The van der Waals surface area contributed by atoms with Crippen LogP contribution in [0.1, 0.15) is 39.5 Å². The third-order valence-corrected chi connectivity index (χ3v) is 5.02. The Morgan fingerprint density at radius 3 is 2.67 bits per heavy atom. The van der Waals surface area contributed by atoms with Crippen LogP contribution < -0.4 is 5.32 Å². The SMILES string of the molecule is CCC(=O)N[C@H]1C[C@@H](C(=O)N2C[C@H]3CC3(C)C2)C1. The first-order valence-corrected chi connectivity index (χ1v) is 7.10. The third-order valence-electron chi connectivity index (χ3n) is 5.02. The second kappa shape index (κ2) is 3.97. The van der Waals surface area contributed by atoms with Crippen LogP contribution in [-0.2, 0) is 9.59 Å². The predicted molar refractivity (Wildman–Crippen MR) is 67.7 cm³/mol. The van der Waals surface area contributed by atoms with Gasteiger partial charge in [0.25, 0.3) is 0 Å². The lowest BCUT2D eigenvalue weighted by Gasteiger charge is -2.37. The van der Waals surface area contributed by atoms with Crippen molar-refractivity contribution in [3.05, 3.63) is 0 Å². The lowest BCUT2D eigenvalue weighted by atomic mass is 9.79. The Hall–Kier alpha value is -1.06. The lowest BCUT2D eigenvalue weighted by Crippen LogP contribution is -2.50. The highest BCUT2D eigenvalue weighted by Gasteiger charge is 2.58. The van der Waals surface area contributed by atoms with E-state index in [1.807, 2.05) is 6.92 Å². The normalized spacial score (nSPS) is 41.0. The minimum atomic E-state index is 0.0980. The minimum absolute atomic E-state index is 0.0980. The van der Waals surface area contributed by atoms with Crippen LogP contribution in [-0.4, -0.2) is 35.8 Å². The number of amides is 2. The molecule has 0 aromatic heterocycles. The first-order chi connectivity index (χ1) is 8.51. The Labute approximate surface area is 108 Å². The molecule has 2 amide bonds. The second-order valence-electron chi connectivity index (χ2n) is 6.56. The fourth-order valence-electron chi connectivity index (χ4n) is 3.44. The molecular formula is C14H22N2O2. The van der Waals surface area contributed by atoms with Crippen molar-refractivity contribution >= 4 is 11.8 Å². The average Bonchev–Trinajstić information content (AvgIpc) is 2.80. The number of carbonyl (C=O) groups is 2. The topological polar surface area (TPSA) is 49.4 Å². The highest BCUT2D eigenvalue weighted by Crippen LogP contribution is 2.57. The summed E-state index contributed by atoms with van der Waals surface area (Å²) in [6.45, 7) is 6.07. The van der Waals surface area contributed by atoms with Gasteiger partial charge in [-0.05, 0) is 30.6 Å². The van der Waals surface area contributed by atoms with Gasteiger partial charge in [-0.15, -0.1) is 0 Å². The molecule has 0 radical (unpaired) electrons. The molecule has 1 aliphatic heterocycles. The van der Waals surface area contributed by atoms with Gasteiger partial charge in [0.05, 0.1) is 0 Å². The molecule has 4 nitrogen and oxygen atoms in total. The quantitative estimate of drug-likeness (QED) is 0.817. The molecule has 18 heavy (non-hydrogen) atoms. The van der Waals surface area contributed by atoms with Gasteiger partial charge in [0.15, 0.2) is 0 Å². The van der Waals surface area contributed by atoms with Crippen molar-refractivity contribution in [1.29, 1.82) is 0 Å². The molecule has 0 bridgehead atoms. The molecule has 3 fully saturated rings. The van der Waals surface area contributed by atoms with E-state index in [2.05, 4.69) is 17.1 Å². The molecule has 1 heterocycles. The maximum absolute atomic E-state index is 12.3. The molecule has 0 spiro atoms. The fraction of sp³-hybridized carbons (Fsp3) is 0.857. The van der Waals surface area contributed by atoms with E-state index in [1.54, 1.807) is 0 Å². The summed E-state index contributed by atoms with van der Waals surface area (Å²) in [7, 11) is 0. The zero-order chi connectivity index (χ0) is 12.9. The van der Waals surface area contributed by atoms with Crippen molar-refractivity contribution in [3.8, 4) is 0 Å². The fourth-order valence-corrected chi connectivity index (χ4v) is 3.44. The number of hydrogen-bond donors (Lipinski definition) is 1. The molecule has 0 aromatic carbocycles. The molecule has 0 aromatic rings. The van der Waals surface area contributed by atoms with Gasteiger partial charge in [0.1, 0.15) is 0 Å². The van der Waals surface area contributed by atoms with Crippen molar-refractivity contribution in [2.24, 2.45) is 17.3 Å². The maximum atomic E-state index is 12.3. The molecule has 3 rings (SSSR count). The van der Waals surface area contributed by atoms with Gasteiger partial charge in [0, 0.05) is 31.5 Å². The van der Waals surface area contributed by atoms with Crippen LogP contribution in [0, 0.1) is 17.3 Å². The number of rotatable bonds is 3. The molecule has 2 aliphatic carbocycles. The molecule has 2 atom stereocenters. The predicted octanol–water partition coefficient (Wildman–Crippen LogP) is 1.16. The number of likely N-dealkylation sites (tertiary alicyclic amines) is 1. The standard InChI is InChI=1S/C14H22N2O2/c1-3-12(17)15-11-4-9(5-11)13(18)16-7-10-6-14(10,2)8-16/h9-11H,3-8H2,1-2H3,(H,15,17)/t9-,10-,11+,14?/m1/s1. The number of hydrogen-bond acceptors (Lipinski definition) is 2. The van der Waals surface area contributed by atoms with Crippen molar-refractivity contribution in [2.45, 2.75) is 45.6 Å². The molecule has 4 heteroatoms. The number of nitrogens with one attached hydrogen (secondary N) is 1. The highest BCUT2D eigenvalue weighted by atomic mass is 16.2. The zero-order valence-corrected chi connectivity index (χ0v) is 11.2. The average molecular weight is 250 g/mol. The molecule has 3 aliphatic rings. The zero-order valence-electron chi connectivity index (χ0n) is 11.2. The first-order valence-electron chi connectivity index (χ1n) is 7.10. The van der Waals surface area contributed by atoms with E-state index in [4.69, 9.17) is 0 Å². The van der Waals surface area contributed by atoms with Crippen LogP contribution in [0.5, 0.6) is 0 Å². The monoisotopic (exact) mass is 250 g/mol. The van der Waals surface area contributed by atoms with Crippen molar-refractivity contribution in [3.63, 3.8) is 0 Å². The Bertz CT molecular complexity index is 389. The Morgan fingerprint density at radius 2 is 2.11 bits per heavy atom. The Balaban J connectivity index is 1.45. The summed E-state index contributed by atoms with van der Waals surface area (Å²) in [4.78, 5) is 25.5. The van der Waals surface area contributed by atoms with Crippen molar-refractivity contribution in [2.75, 3.05) is 13.1 Å². The van der Waals surface area contributed by atoms with Crippen LogP contribution in [0.15, 0.2) is 0 Å². The van der Waals surface area contributed by atoms with E-state index < -0.39 is 0 Å². The van der Waals surface area contributed by atoms with Crippen LogP contribution >= 0.6 is 0 Å². The van der Waals surface area contributed by atoms with E-state index in [0.29, 0.717) is 17.7 Å². The molecular weight excluding hydrogens is 228 g/mol. The summed E-state index contributed by atoms with van der Waals surface area (Å²) >= 11 is 0. The van der Waals surface area contributed by atoms with E-state index in [-0.39, 0.29) is 17.9 Å². The van der Waals surface area contributed by atoms with Gasteiger partial charge < -0.3 is 10.2 Å². The van der Waals surface area contributed by atoms with E-state index in [0.717, 1.165) is 31.8 Å². The van der Waals surface area contributed by atoms with Crippen molar-refractivity contribution in [1.82, 2.24) is 10.2 Å². The van der Waals surface area contributed by atoms with Crippen LogP contribution in [0.2, 0.25) is 0 Å². The molecule has 1 N–H and O–H groups in total. The largest absolute Gasteiger partial charge is 0.353 e. The Morgan fingerprint density at radius 1 is 1.39 bits per heavy atom. The maximum Gasteiger partial charge on any atom is 0.225 e. The third kappa shape index (κ3) is 1.91. The van der Waals surface area contributed by atoms with Crippen LogP contribution in [0.25, 0.3) is 0 Å². The number of fused-ring (bicyclic) bond motifs is 1. The first kappa shape index (κ1) is 12.0. The second-order valence-corrected chi connectivity index (χ2v) is 6.56. The Kier molecular flexibility index (Phi) is 2.65. The van der Waals surface area contributed by atoms with Gasteiger partial charge >= 0.3 is 0 Å². The molecule has 1 unspecified atom stereocenters. The van der Waals surface area contributed by atoms with E-state index >= 15 is 0 Å². The summed E-state index contributed by atoms with van der Waals surface area (Å²) in [6, 6.07) is 0.235.